The molecule has 0 saturated carbocycles. The lowest BCUT2D eigenvalue weighted by Crippen LogP contribution is -2.21. The summed E-state index contributed by atoms with van der Waals surface area (Å²) < 4.78 is 0. The number of aromatic nitrogens is 1. The molecule has 0 aliphatic carbocycles. The number of hydrogen-bond donors (Lipinski definition) is 1. The molecule has 2 atom stereocenters. The standard InChI is InChI=1S/C11H16N2/c1-8-3-4-10(7-13-8)11-5-6-12-9(11)2/h3-4,7,9,11-12H,5-6H2,1-2H3. The number of aryl methyl sites for hydroxylation is 1. The first kappa shape index (κ1) is 8.70. The molecule has 13 heavy (non-hydrogen) atoms. The van der Waals surface area contributed by atoms with Crippen molar-refractivity contribution < 1.29 is 0 Å². The number of pyridine rings is 1. The van der Waals surface area contributed by atoms with Crippen LogP contribution in [-0.4, -0.2) is 17.6 Å². The summed E-state index contributed by atoms with van der Waals surface area (Å²) in [5.41, 5.74) is 2.48. The molecule has 1 aromatic rings. The maximum absolute atomic E-state index is 4.33. The third-order valence-electron chi connectivity index (χ3n) is 2.89. The van der Waals surface area contributed by atoms with Crippen LogP contribution in [0.15, 0.2) is 18.3 Å². The zero-order valence-electron chi connectivity index (χ0n) is 8.25. The molecule has 0 aromatic carbocycles. The average molecular weight is 176 g/mol. The lowest BCUT2D eigenvalue weighted by molar-refractivity contribution is 0.592. The molecule has 0 bridgehead atoms. The van der Waals surface area contributed by atoms with Crippen molar-refractivity contribution in [2.24, 2.45) is 0 Å². The summed E-state index contributed by atoms with van der Waals surface area (Å²) >= 11 is 0. The summed E-state index contributed by atoms with van der Waals surface area (Å²) in [6.45, 7) is 5.41. The zero-order valence-corrected chi connectivity index (χ0v) is 8.25. The monoisotopic (exact) mass is 176 g/mol. The number of rotatable bonds is 1. The topological polar surface area (TPSA) is 24.9 Å². The Bertz CT molecular complexity index is 279. The smallest absolute Gasteiger partial charge is 0.0372 e. The van der Waals surface area contributed by atoms with Gasteiger partial charge in [-0.25, -0.2) is 0 Å². The van der Waals surface area contributed by atoms with Crippen LogP contribution in [0.25, 0.3) is 0 Å². The molecule has 2 unspecified atom stereocenters. The normalized spacial score (nSPS) is 27.8. The Morgan fingerprint density at radius 2 is 2.31 bits per heavy atom. The molecule has 2 heteroatoms. The first-order valence-corrected chi connectivity index (χ1v) is 4.93. The summed E-state index contributed by atoms with van der Waals surface area (Å²) in [6, 6.07) is 4.90. The van der Waals surface area contributed by atoms with Gasteiger partial charge in [-0.1, -0.05) is 6.07 Å². The van der Waals surface area contributed by atoms with Gasteiger partial charge in [0, 0.05) is 23.9 Å². The van der Waals surface area contributed by atoms with Crippen molar-refractivity contribution in [1.82, 2.24) is 10.3 Å². The summed E-state index contributed by atoms with van der Waals surface area (Å²) in [7, 11) is 0. The predicted molar refractivity (Wildman–Crippen MR) is 53.8 cm³/mol. The van der Waals surface area contributed by atoms with E-state index >= 15 is 0 Å². The molecule has 2 nitrogen and oxygen atoms in total. The second-order valence-electron chi connectivity index (χ2n) is 3.87. The fraction of sp³-hybridized carbons (Fsp3) is 0.545. The van der Waals surface area contributed by atoms with Gasteiger partial charge in [0.1, 0.15) is 0 Å². The molecule has 2 heterocycles. The minimum atomic E-state index is 0.601. The van der Waals surface area contributed by atoms with E-state index in [1.165, 1.54) is 12.0 Å². The largest absolute Gasteiger partial charge is 0.314 e. The Morgan fingerprint density at radius 3 is 2.85 bits per heavy atom. The fourth-order valence-electron chi connectivity index (χ4n) is 2.01. The predicted octanol–water partition coefficient (Wildman–Crippen LogP) is 1.86. The van der Waals surface area contributed by atoms with Crippen molar-refractivity contribution in [3.8, 4) is 0 Å². The Labute approximate surface area is 79.4 Å². The van der Waals surface area contributed by atoms with Gasteiger partial charge in [0.25, 0.3) is 0 Å². The van der Waals surface area contributed by atoms with Crippen LogP contribution in [-0.2, 0) is 0 Å². The molecule has 1 aliphatic heterocycles. The van der Waals surface area contributed by atoms with E-state index in [2.05, 4.69) is 29.4 Å². The molecule has 1 saturated heterocycles. The highest BCUT2D eigenvalue weighted by atomic mass is 14.9. The second-order valence-corrected chi connectivity index (χ2v) is 3.87. The van der Waals surface area contributed by atoms with E-state index in [4.69, 9.17) is 0 Å². The van der Waals surface area contributed by atoms with Crippen LogP contribution >= 0.6 is 0 Å². The van der Waals surface area contributed by atoms with Crippen LogP contribution in [0.1, 0.15) is 30.5 Å². The first-order chi connectivity index (χ1) is 6.27. The maximum Gasteiger partial charge on any atom is 0.0372 e. The molecule has 1 fully saturated rings. The Morgan fingerprint density at radius 1 is 1.46 bits per heavy atom. The van der Waals surface area contributed by atoms with Gasteiger partial charge in [-0.05, 0) is 38.4 Å². The van der Waals surface area contributed by atoms with E-state index in [1.807, 2.05) is 13.1 Å². The minimum Gasteiger partial charge on any atom is -0.314 e. The Kier molecular flexibility index (Phi) is 2.32. The van der Waals surface area contributed by atoms with Crippen molar-refractivity contribution in [3.05, 3.63) is 29.6 Å². The highest BCUT2D eigenvalue weighted by Crippen LogP contribution is 2.26. The van der Waals surface area contributed by atoms with Gasteiger partial charge in [-0.3, -0.25) is 4.98 Å². The molecule has 0 spiro atoms. The van der Waals surface area contributed by atoms with Gasteiger partial charge in [0.15, 0.2) is 0 Å². The van der Waals surface area contributed by atoms with Crippen molar-refractivity contribution in [1.29, 1.82) is 0 Å². The SMILES string of the molecule is Cc1ccc(C2CCNC2C)cn1. The average Bonchev–Trinajstić information content (AvgIpc) is 2.53. The summed E-state index contributed by atoms with van der Waals surface area (Å²) in [5.74, 6) is 0.660. The highest BCUT2D eigenvalue weighted by Gasteiger charge is 2.24. The van der Waals surface area contributed by atoms with Crippen LogP contribution in [0.4, 0.5) is 0 Å². The quantitative estimate of drug-likeness (QED) is 0.706. The van der Waals surface area contributed by atoms with Crippen molar-refractivity contribution in [2.75, 3.05) is 6.54 Å². The number of nitrogens with one attached hydrogen (secondary N) is 1. The molecule has 1 aliphatic rings. The molecule has 1 aromatic heterocycles. The fourth-order valence-corrected chi connectivity index (χ4v) is 2.01. The van der Waals surface area contributed by atoms with Gasteiger partial charge < -0.3 is 5.32 Å². The van der Waals surface area contributed by atoms with Crippen LogP contribution in [0, 0.1) is 6.92 Å². The molecular formula is C11H16N2. The second kappa shape index (κ2) is 3.46. The van der Waals surface area contributed by atoms with Crippen molar-refractivity contribution >= 4 is 0 Å². The molecular weight excluding hydrogens is 160 g/mol. The van der Waals surface area contributed by atoms with Gasteiger partial charge in [0.2, 0.25) is 0 Å². The van der Waals surface area contributed by atoms with Crippen LogP contribution < -0.4 is 5.32 Å². The molecule has 0 amide bonds. The van der Waals surface area contributed by atoms with E-state index in [0.717, 1.165) is 12.2 Å². The minimum absolute atomic E-state index is 0.601. The van der Waals surface area contributed by atoms with E-state index < -0.39 is 0 Å². The molecule has 1 N–H and O–H groups in total. The highest BCUT2D eigenvalue weighted by molar-refractivity contribution is 5.20. The van der Waals surface area contributed by atoms with Crippen molar-refractivity contribution in [3.63, 3.8) is 0 Å². The third-order valence-corrected chi connectivity index (χ3v) is 2.89. The van der Waals surface area contributed by atoms with Crippen LogP contribution in [0.2, 0.25) is 0 Å². The lowest BCUT2D eigenvalue weighted by atomic mass is 9.94. The maximum atomic E-state index is 4.33. The lowest BCUT2D eigenvalue weighted by Gasteiger charge is -2.14. The van der Waals surface area contributed by atoms with Crippen LogP contribution in [0.3, 0.4) is 0 Å². The Balaban J connectivity index is 2.20. The summed E-state index contributed by atoms with van der Waals surface area (Å²) in [5, 5.41) is 3.45. The Hall–Kier alpha value is -0.890. The van der Waals surface area contributed by atoms with Gasteiger partial charge in [0.05, 0.1) is 0 Å². The molecule has 0 radical (unpaired) electrons. The zero-order chi connectivity index (χ0) is 9.26. The van der Waals surface area contributed by atoms with E-state index in [9.17, 15) is 0 Å². The number of nitrogens with zero attached hydrogens (tertiary/aromatic N) is 1. The molecule has 2 rings (SSSR count). The first-order valence-electron chi connectivity index (χ1n) is 4.93. The van der Waals surface area contributed by atoms with Gasteiger partial charge in [-0.2, -0.15) is 0 Å². The summed E-state index contributed by atoms with van der Waals surface area (Å²) in [6.07, 6.45) is 3.26. The van der Waals surface area contributed by atoms with E-state index in [0.29, 0.717) is 12.0 Å². The third kappa shape index (κ3) is 1.73. The summed E-state index contributed by atoms with van der Waals surface area (Å²) in [4.78, 5) is 4.33. The molecule has 70 valence electrons. The van der Waals surface area contributed by atoms with Gasteiger partial charge >= 0.3 is 0 Å². The van der Waals surface area contributed by atoms with E-state index in [1.54, 1.807) is 0 Å². The van der Waals surface area contributed by atoms with Crippen LogP contribution in [0.5, 0.6) is 0 Å². The number of hydrogen-bond acceptors (Lipinski definition) is 2. The van der Waals surface area contributed by atoms with Crippen molar-refractivity contribution in [2.45, 2.75) is 32.2 Å². The van der Waals surface area contributed by atoms with Gasteiger partial charge in [-0.15, -0.1) is 0 Å². The van der Waals surface area contributed by atoms with E-state index in [-0.39, 0.29) is 0 Å².